The maximum atomic E-state index is 12.2. The van der Waals surface area contributed by atoms with E-state index in [1.807, 2.05) is 13.8 Å². The summed E-state index contributed by atoms with van der Waals surface area (Å²) in [6, 6.07) is 3.82. The smallest absolute Gasteiger partial charge is 0.282 e. The van der Waals surface area contributed by atoms with E-state index in [2.05, 4.69) is 5.32 Å². The van der Waals surface area contributed by atoms with Crippen LogP contribution < -0.4 is 5.32 Å². The standard InChI is InChI=1S/C15H21ClN2O4/c1-3-7-15(20,8-4-2)10-17-14(19)12-9-11(16)5-6-13(12)18(21)22/h5-6,9,20H,3-4,7-8,10H2,1-2H3,(H,17,19). The highest BCUT2D eigenvalue weighted by atomic mass is 35.5. The Morgan fingerprint density at radius 3 is 2.45 bits per heavy atom. The molecule has 2 N–H and O–H groups in total. The van der Waals surface area contributed by atoms with Gasteiger partial charge in [-0.1, -0.05) is 38.3 Å². The number of hydrogen-bond acceptors (Lipinski definition) is 4. The molecule has 0 saturated carbocycles. The number of aliphatic hydroxyl groups is 1. The Kier molecular flexibility index (Phi) is 6.77. The second-order valence-electron chi connectivity index (χ2n) is 5.33. The summed E-state index contributed by atoms with van der Waals surface area (Å²) in [5.41, 5.74) is -1.41. The summed E-state index contributed by atoms with van der Waals surface area (Å²) in [6.45, 7) is 3.95. The monoisotopic (exact) mass is 328 g/mol. The van der Waals surface area contributed by atoms with E-state index in [1.165, 1.54) is 18.2 Å². The van der Waals surface area contributed by atoms with Crippen LogP contribution in [0.1, 0.15) is 49.9 Å². The maximum Gasteiger partial charge on any atom is 0.282 e. The van der Waals surface area contributed by atoms with Crippen molar-refractivity contribution in [2.75, 3.05) is 6.54 Å². The first-order valence-electron chi connectivity index (χ1n) is 7.27. The van der Waals surface area contributed by atoms with E-state index in [9.17, 15) is 20.0 Å². The number of rotatable bonds is 8. The molecule has 0 heterocycles. The number of nitro benzene ring substituents is 1. The normalized spacial score (nSPS) is 11.3. The number of halogens is 1. The van der Waals surface area contributed by atoms with Crippen molar-refractivity contribution in [1.29, 1.82) is 0 Å². The summed E-state index contributed by atoms with van der Waals surface area (Å²) in [6.07, 6.45) is 2.67. The van der Waals surface area contributed by atoms with Crippen LogP contribution in [0.15, 0.2) is 18.2 Å². The summed E-state index contributed by atoms with van der Waals surface area (Å²) in [4.78, 5) is 22.5. The highest BCUT2D eigenvalue weighted by Crippen LogP contribution is 2.23. The average Bonchev–Trinajstić information content (AvgIpc) is 2.45. The first-order valence-corrected chi connectivity index (χ1v) is 7.65. The summed E-state index contributed by atoms with van der Waals surface area (Å²) < 4.78 is 0. The molecule has 0 fully saturated rings. The fraction of sp³-hybridized carbons (Fsp3) is 0.533. The van der Waals surface area contributed by atoms with E-state index < -0.39 is 16.4 Å². The van der Waals surface area contributed by atoms with Crippen LogP contribution in [0.5, 0.6) is 0 Å². The van der Waals surface area contributed by atoms with Crippen molar-refractivity contribution in [3.63, 3.8) is 0 Å². The quantitative estimate of drug-likeness (QED) is 0.565. The second kappa shape index (κ2) is 8.10. The number of nitrogens with zero attached hydrogens (tertiary/aromatic N) is 1. The molecule has 1 rings (SSSR count). The van der Waals surface area contributed by atoms with Crippen molar-refractivity contribution in [3.05, 3.63) is 38.9 Å². The molecule has 0 bridgehead atoms. The van der Waals surface area contributed by atoms with Crippen molar-refractivity contribution >= 4 is 23.2 Å². The van der Waals surface area contributed by atoms with Gasteiger partial charge in [-0.25, -0.2) is 0 Å². The lowest BCUT2D eigenvalue weighted by molar-refractivity contribution is -0.385. The SMILES string of the molecule is CCCC(O)(CCC)CNC(=O)c1cc(Cl)ccc1[N+](=O)[O-]. The van der Waals surface area contributed by atoms with Crippen molar-refractivity contribution < 1.29 is 14.8 Å². The van der Waals surface area contributed by atoms with Gasteiger partial charge in [-0.15, -0.1) is 0 Å². The van der Waals surface area contributed by atoms with Crippen LogP contribution in [0.2, 0.25) is 5.02 Å². The van der Waals surface area contributed by atoms with Crippen molar-refractivity contribution in [3.8, 4) is 0 Å². The molecule has 0 aliphatic rings. The van der Waals surface area contributed by atoms with Gasteiger partial charge < -0.3 is 10.4 Å². The van der Waals surface area contributed by atoms with Crippen molar-refractivity contribution in [1.82, 2.24) is 5.32 Å². The molecule has 22 heavy (non-hydrogen) atoms. The van der Waals surface area contributed by atoms with Crippen molar-refractivity contribution in [2.24, 2.45) is 0 Å². The molecule has 0 unspecified atom stereocenters. The lowest BCUT2D eigenvalue weighted by Gasteiger charge is -2.27. The first kappa shape index (κ1) is 18.4. The maximum absolute atomic E-state index is 12.2. The zero-order valence-corrected chi connectivity index (χ0v) is 13.5. The highest BCUT2D eigenvalue weighted by Gasteiger charge is 2.27. The third-order valence-corrected chi connectivity index (χ3v) is 3.64. The Labute approximate surface area is 134 Å². The summed E-state index contributed by atoms with van der Waals surface area (Å²) in [5.74, 6) is -0.611. The number of amides is 1. The Bertz CT molecular complexity index is 542. The van der Waals surface area contributed by atoms with E-state index >= 15 is 0 Å². The van der Waals surface area contributed by atoms with E-state index in [4.69, 9.17) is 11.6 Å². The van der Waals surface area contributed by atoms with E-state index in [1.54, 1.807) is 0 Å². The molecule has 0 spiro atoms. The molecule has 6 nitrogen and oxygen atoms in total. The van der Waals surface area contributed by atoms with Crippen LogP contribution in [-0.2, 0) is 0 Å². The van der Waals surface area contributed by atoms with E-state index in [0.29, 0.717) is 12.8 Å². The Hall–Kier alpha value is -1.66. The Balaban J connectivity index is 2.89. The highest BCUT2D eigenvalue weighted by molar-refractivity contribution is 6.31. The first-order chi connectivity index (χ1) is 10.3. The fourth-order valence-electron chi connectivity index (χ4n) is 2.42. The second-order valence-corrected chi connectivity index (χ2v) is 5.76. The number of nitrogens with one attached hydrogen (secondary N) is 1. The largest absolute Gasteiger partial charge is 0.388 e. The molecule has 0 radical (unpaired) electrons. The minimum Gasteiger partial charge on any atom is -0.388 e. The molecule has 0 aliphatic heterocycles. The number of carbonyl (C=O) groups is 1. The number of benzene rings is 1. The van der Waals surface area contributed by atoms with Crippen LogP contribution in [0.3, 0.4) is 0 Å². The van der Waals surface area contributed by atoms with Gasteiger partial charge in [0.1, 0.15) is 5.56 Å². The van der Waals surface area contributed by atoms with Crippen LogP contribution in [0.25, 0.3) is 0 Å². The van der Waals surface area contributed by atoms with Gasteiger partial charge >= 0.3 is 0 Å². The summed E-state index contributed by atoms with van der Waals surface area (Å²) in [7, 11) is 0. The summed E-state index contributed by atoms with van der Waals surface area (Å²) >= 11 is 5.80. The van der Waals surface area contributed by atoms with Crippen LogP contribution in [0.4, 0.5) is 5.69 Å². The predicted molar refractivity (Wildman–Crippen MR) is 85.2 cm³/mol. The minimum absolute atomic E-state index is 0.0528. The number of nitro groups is 1. The zero-order chi connectivity index (χ0) is 16.8. The van der Waals surface area contributed by atoms with E-state index in [0.717, 1.165) is 12.8 Å². The van der Waals surface area contributed by atoms with Gasteiger partial charge in [0.2, 0.25) is 0 Å². The van der Waals surface area contributed by atoms with Crippen molar-refractivity contribution in [2.45, 2.75) is 45.1 Å². The third-order valence-electron chi connectivity index (χ3n) is 3.41. The van der Waals surface area contributed by atoms with Gasteiger partial charge in [0.25, 0.3) is 11.6 Å². The van der Waals surface area contributed by atoms with Gasteiger partial charge in [-0.3, -0.25) is 14.9 Å². The minimum atomic E-state index is -0.994. The molecule has 0 saturated heterocycles. The van der Waals surface area contributed by atoms with Crippen LogP contribution in [-0.4, -0.2) is 28.1 Å². The lowest BCUT2D eigenvalue weighted by atomic mass is 9.92. The molecular weight excluding hydrogens is 308 g/mol. The van der Waals surface area contributed by atoms with Crippen LogP contribution >= 0.6 is 11.6 Å². The summed E-state index contributed by atoms with van der Waals surface area (Å²) in [5, 5.41) is 24.3. The molecule has 0 atom stereocenters. The molecule has 1 aromatic carbocycles. The molecule has 122 valence electrons. The molecule has 1 amide bonds. The number of hydrogen-bond donors (Lipinski definition) is 2. The van der Waals surface area contributed by atoms with Gasteiger partial charge in [0.15, 0.2) is 0 Å². The molecule has 0 aromatic heterocycles. The van der Waals surface area contributed by atoms with Gasteiger partial charge in [-0.2, -0.15) is 0 Å². The van der Waals surface area contributed by atoms with Crippen LogP contribution in [0, 0.1) is 10.1 Å². The molecule has 1 aromatic rings. The Morgan fingerprint density at radius 2 is 1.95 bits per heavy atom. The predicted octanol–water partition coefficient (Wildman–Crippen LogP) is 3.31. The van der Waals surface area contributed by atoms with Gasteiger partial charge in [0.05, 0.1) is 10.5 Å². The fourth-order valence-corrected chi connectivity index (χ4v) is 2.59. The van der Waals surface area contributed by atoms with E-state index in [-0.39, 0.29) is 22.8 Å². The average molecular weight is 329 g/mol. The van der Waals surface area contributed by atoms with Gasteiger partial charge in [-0.05, 0) is 25.0 Å². The lowest BCUT2D eigenvalue weighted by Crippen LogP contribution is -2.43. The topological polar surface area (TPSA) is 92.5 Å². The zero-order valence-electron chi connectivity index (χ0n) is 12.8. The third kappa shape index (κ3) is 4.96. The molecular formula is C15H21ClN2O4. The molecule has 7 heteroatoms. The Morgan fingerprint density at radius 1 is 1.36 bits per heavy atom. The van der Waals surface area contributed by atoms with Gasteiger partial charge in [0, 0.05) is 17.6 Å². The molecule has 0 aliphatic carbocycles. The number of carbonyl (C=O) groups excluding carboxylic acids is 1.